The number of alkyl carbamates (subject to hydrolysis) is 1. The number of fused-ring (bicyclic) bond motifs is 1. The van der Waals surface area contributed by atoms with Crippen LogP contribution in [0.15, 0.2) is 47.3 Å². The van der Waals surface area contributed by atoms with Crippen LogP contribution in [0.1, 0.15) is 56.0 Å². The lowest BCUT2D eigenvalue weighted by molar-refractivity contribution is 0.0495. The molecule has 164 valence electrons. The molecular formula is C25H26N4O3. The van der Waals surface area contributed by atoms with Crippen molar-refractivity contribution in [2.75, 3.05) is 0 Å². The lowest BCUT2D eigenvalue weighted by atomic mass is 10.0. The SMILES string of the molecule is Cn1c(=O)c(Cc2ccc(C#N)cc2)nc2cc(C3(NC(=O)OC(C)(C)C)CC3)ccc21. The minimum absolute atomic E-state index is 0.150. The molecule has 32 heavy (non-hydrogen) atoms. The summed E-state index contributed by atoms with van der Waals surface area (Å²) < 4.78 is 7.03. The summed E-state index contributed by atoms with van der Waals surface area (Å²) >= 11 is 0. The Hall–Kier alpha value is -3.66. The molecule has 7 heteroatoms. The fourth-order valence-electron chi connectivity index (χ4n) is 3.81. The molecule has 0 aliphatic heterocycles. The van der Waals surface area contributed by atoms with Crippen molar-refractivity contribution in [3.8, 4) is 6.07 Å². The largest absolute Gasteiger partial charge is 0.444 e. The number of rotatable bonds is 4. The van der Waals surface area contributed by atoms with Crippen LogP contribution in [-0.2, 0) is 23.7 Å². The molecule has 1 N–H and O–H groups in total. The fourth-order valence-corrected chi connectivity index (χ4v) is 3.81. The minimum atomic E-state index is -0.566. The highest BCUT2D eigenvalue weighted by atomic mass is 16.6. The van der Waals surface area contributed by atoms with Gasteiger partial charge in [0.05, 0.1) is 28.2 Å². The maximum Gasteiger partial charge on any atom is 0.408 e. The Bertz CT molecular complexity index is 1290. The molecule has 0 saturated heterocycles. The smallest absolute Gasteiger partial charge is 0.408 e. The van der Waals surface area contributed by atoms with Gasteiger partial charge < -0.3 is 14.6 Å². The van der Waals surface area contributed by atoms with Crippen LogP contribution in [0.3, 0.4) is 0 Å². The summed E-state index contributed by atoms with van der Waals surface area (Å²) in [7, 11) is 1.74. The number of benzene rings is 2. The number of nitriles is 1. The number of nitrogens with zero attached hydrogens (tertiary/aromatic N) is 3. The van der Waals surface area contributed by atoms with Crippen molar-refractivity contribution in [3.05, 3.63) is 75.2 Å². The molecular weight excluding hydrogens is 404 g/mol. The van der Waals surface area contributed by atoms with Gasteiger partial charge >= 0.3 is 6.09 Å². The quantitative estimate of drug-likeness (QED) is 0.677. The Morgan fingerprint density at radius 3 is 2.50 bits per heavy atom. The van der Waals surface area contributed by atoms with E-state index in [1.165, 1.54) is 0 Å². The number of aromatic nitrogens is 2. The molecule has 2 aromatic carbocycles. The Labute approximate surface area is 186 Å². The zero-order valence-corrected chi connectivity index (χ0v) is 18.7. The monoisotopic (exact) mass is 430 g/mol. The summed E-state index contributed by atoms with van der Waals surface area (Å²) in [6.07, 6.45) is 1.58. The van der Waals surface area contributed by atoms with Gasteiger partial charge in [-0.1, -0.05) is 18.2 Å². The van der Waals surface area contributed by atoms with Crippen LogP contribution in [0.4, 0.5) is 4.79 Å². The van der Waals surface area contributed by atoms with Crippen molar-refractivity contribution in [2.24, 2.45) is 7.05 Å². The molecule has 0 bridgehead atoms. The number of hydrogen-bond donors (Lipinski definition) is 1. The molecule has 1 aliphatic carbocycles. The van der Waals surface area contributed by atoms with Crippen molar-refractivity contribution in [2.45, 2.75) is 51.2 Å². The van der Waals surface area contributed by atoms with Gasteiger partial charge in [0.25, 0.3) is 5.56 Å². The minimum Gasteiger partial charge on any atom is -0.444 e. The molecule has 0 atom stereocenters. The number of carbonyl (C=O) groups excluding carboxylic acids is 1. The Kier molecular flexibility index (Phi) is 5.25. The van der Waals surface area contributed by atoms with E-state index in [4.69, 9.17) is 10.00 Å². The molecule has 0 spiro atoms. The first kappa shape index (κ1) is 21.6. The maximum absolute atomic E-state index is 12.9. The lowest BCUT2D eigenvalue weighted by Crippen LogP contribution is -2.39. The van der Waals surface area contributed by atoms with Crippen LogP contribution in [0.2, 0.25) is 0 Å². The van der Waals surface area contributed by atoms with Gasteiger partial charge in [-0.05, 0) is 69.0 Å². The molecule has 0 radical (unpaired) electrons. The topological polar surface area (TPSA) is 97.0 Å². The summed E-state index contributed by atoms with van der Waals surface area (Å²) in [5.74, 6) is 0. The van der Waals surface area contributed by atoms with Crippen LogP contribution in [0.5, 0.6) is 0 Å². The van der Waals surface area contributed by atoms with Gasteiger partial charge in [0.1, 0.15) is 11.3 Å². The number of hydrogen-bond acceptors (Lipinski definition) is 5. The number of amides is 1. The van der Waals surface area contributed by atoms with Gasteiger partial charge in [-0.15, -0.1) is 0 Å². The standard InChI is InChI=1S/C25H26N4O3/c1-24(2,3)32-23(31)28-25(11-12-25)18-9-10-21-19(14-18)27-20(22(30)29(21)4)13-16-5-7-17(15-26)8-6-16/h5-10,14H,11-13H2,1-4H3,(H,28,31). The van der Waals surface area contributed by atoms with Gasteiger partial charge in [-0.2, -0.15) is 5.26 Å². The van der Waals surface area contributed by atoms with Crippen LogP contribution in [0, 0.1) is 11.3 Å². The summed E-state index contributed by atoms with van der Waals surface area (Å²) in [6, 6.07) is 15.0. The van der Waals surface area contributed by atoms with E-state index in [0.717, 1.165) is 29.5 Å². The molecule has 1 amide bonds. The van der Waals surface area contributed by atoms with Crippen LogP contribution < -0.4 is 10.9 Å². The zero-order valence-electron chi connectivity index (χ0n) is 18.7. The summed E-state index contributed by atoms with van der Waals surface area (Å²) in [6.45, 7) is 5.51. The van der Waals surface area contributed by atoms with E-state index < -0.39 is 17.2 Å². The average Bonchev–Trinajstić information content (AvgIpc) is 3.51. The Balaban J connectivity index is 1.66. The van der Waals surface area contributed by atoms with Gasteiger partial charge in [0, 0.05) is 13.5 Å². The average molecular weight is 431 g/mol. The molecule has 1 aromatic heterocycles. The molecule has 1 fully saturated rings. The first-order chi connectivity index (χ1) is 15.1. The normalized spacial score (nSPS) is 14.6. The second kappa shape index (κ2) is 7.79. The first-order valence-corrected chi connectivity index (χ1v) is 10.6. The molecule has 1 aliphatic rings. The number of aryl methyl sites for hydroxylation is 1. The summed E-state index contributed by atoms with van der Waals surface area (Å²) in [5.41, 5.74) is 3.13. The highest BCUT2D eigenvalue weighted by Crippen LogP contribution is 2.46. The van der Waals surface area contributed by atoms with Crippen LogP contribution in [0.25, 0.3) is 11.0 Å². The van der Waals surface area contributed by atoms with Gasteiger partial charge in [0.15, 0.2) is 0 Å². The van der Waals surface area contributed by atoms with Gasteiger partial charge in [-0.25, -0.2) is 9.78 Å². The van der Waals surface area contributed by atoms with E-state index >= 15 is 0 Å². The number of nitrogens with one attached hydrogen (secondary N) is 1. The Morgan fingerprint density at radius 2 is 1.91 bits per heavy atom. The van der Waals surface area contributed by atoms with Crippen molar-refractivity contribution in [1.29, 1.82) is 5.26 Å². The highest BCUT2D eigenvalue weighted by Gasteiger charge is 2.46. The predicted octanol–water partition coefficient (Wildman–Crippen LogP) is 3.91. The molecule has 7 nitrogen and oxygen atoms in total. The van der Waals surface area contributed by atoms with E-state index in [-0.39, 0.29) is 5.56 Å². The fraction of sp³-hybridized carbons (Fsp3) is 0.360. The number of carbonyl (C=O) groups is 1. The van der Waals surface area contributed by atoms with E-state index in [9.17, 15) is 9.59 Å². The van der Waals surface area contributed by atoms with E-state index in [0.29, 0.717) is 23.2 Å². The lowest BCUT2D eigenvalue weighted by Gasteiger charge is -2.24. The van der Waals surface area contributed by atoms with Gasteiger partial charge in [0.2, 0.25) is 0 Å². The third-order valence-electron chi connectivity index (χ3n) is 5.64. The van der Waals surface area contributed by atoms with Crippen LogP contribution in [-0.4, -0.2) is 21.2 Å². The third kappa shape index (κ3) is 4.35. The van der Waals surface area contributed by atoms with E-state index in [1.54, 1.807) is 23.7 Å². The van der Waals surface area contributed by atoms with Gasteiger partial charge in [-0.3, -0.25) is 4.79 Å². The number of ether oxygens (including phenoxy) is 1. The summed E-state index contributed by atoms with van der Waals surface area (Å²) in [4.78, 5) is 29.9. The van der Waals surface area contributed by atoms with E-state index in [1.807, 2.05) is 51.1 Å². The van der Waals surface area contributed by atoms with Crippen molar-refractivity contribution < 1.29 is 9.53 Å². The zero-order chi connectivity index (χ0) is 23.1. The second-order valence-electron chi connectivity index (χ2n) is 9.32. The molecule has 0 unspecified atom stereocenters. The second-order valence-corrected chi connectivity index (χ2v) is 9.32. The molecule has 3 aromatic rings. The van der Waals surface area contributed by atoms with Crippen molar-refractivity contribution in [3.63, 3.8) is 0 Å². The third-order valence-corrected chi connectivity index (χ3v) is 5.64. The van der Waals surface area contributed by atoms with Crippen molar-refractivity contribution in [1.82, 2.24) is 14.9 Å². The van der Waals surface area contributed by atoms with Crippen molar-refractivity contribution >= 4 is 17.1 Å². The Morgan fingerprint density at radius 1 is 1.22 bits per heavy atom. The van der Waals surface area contributed by atoms with Crippen LogP contribution >= 0.6 is 0 Å². The molecule has 4 rings (SSSR count). The summed E-state index contributed by atoms with van der Waals surface area (Å²) in [5, 5.41) is 12.0. The molecule has 1 heterocycles. The van der Waals surface area contributed by atoms with E-state index in [2.05, 4.69) is 16.4 Å². The predicted molar refractivity (Wildman–Crippen MR) is 121 cm³/mol. The maximum atomic E-state index is 12.9. The molecule has 1 saturated carbocycles. The highest BCUT2D eigenvalue weighted by molar-refractivity contribution is 5.77. The first-order valence-electron chi connectivity index (χ1n) is 10.6.